The number of aromatic nitrogens is 4. The van der Waals surface area contributed by atoms with Crippen LogP contribution in [0.25, 0.3) is 0 Å². The molecule has 2 aromatic heterocycles. The number of hydrogen-bond donors (Lipinski definition) is 0. The zero-order chi connectivity index (χ0) is 17.3. The fourth-order valence-corrected chi connectivity index (χ4v) is 3.87. The molecular formula is C18H26N6O. The smallest absolute Gasteiger partial charge is 0.225 e. The van der Waals surface area contributed by atoms with Gasteiger partial charge in [0.15, 0.2) is 0 Å². The topological polar surface area (TPSA) is 59.3 Å². The maximum absolute atomic E-state index is 5.97. The van der Waals surface area contributed by atoms with Gasteiger partial charge >= 0.3 is 0 Å². The molecule has 4 heterocycles. The minimum Gasteiger partial charge on any atom is -0.379 e. The molecule has 0 aliphatic carbocycles. The van der Waals surface area contributed by atoms with Gasteiger partial charge in [0.05, 0.1) is 19.8 Å². The molecule has 2 saturated heterocycles. The molecular weight excluding hydrogens is 316 g/mol. The SMILES string of the molecule is Cc1cnc(N2CCOC[C@]3(CCN(Cc4nccn4C)C3)C2)nc1. The quantitative estimate of drug-likeness (QED) is 0.837. The van der Waals surface area contributed by atoms with Crippen LogP contribution in [0.1, 0.15) is 17.8 Å². The summed E-state index contributed by atoms with van der Waals surface area (Å²) in [6, 6.07) is 0. The fraction of sp³-hybridized carbons (Fsp3) is 0.611. The van der Waals surface area contributed by atoms with E-state index in [4.69, 9.17) is 4.74 Å². The molecule has 2 fully saturated rings. The molecule has 1 spiro atoms. The minimum absolute atomic E-state index is 0.149. The van der Waals surface area contributed by atoms with E-state index in [0.717, 1.165) is 69.7 Å². The summed E-state index contributed by atoms with van der Waals surface area (Å²) in [6.07, 6.45) is 8.80. The van der Waals surface area contributed by atoms with E-state index >= 15 is 0 Å². The first kappa shape index (κ1) is 16.5. The van der Waals surface area contributed by atoms with Gasteiger partial charge in [-0.25, -0.2) is 15.0 Å². The van der Waals surface area contributed by atoms with Crippen LogP contribution < -0.4 is 4.90 Å². The molecule has 0 saturated carbocycles. The number of hydrogen-bond acceptors (Lipinski definition) is 6. The summed E-state index contributed by atoms with van der Waals surface area (Å²) < 4.78 is 8.07. The number of rotatable bonds is 3. The first-order chi connectivity index (χ1) is 12.1. The van der Waals surface area contributed by atoms with Crippen molar-refractivity contribution < 1.29 is 4.74 Å². The average Bonchev–Trinajstić information content (AvgIpc) is 3.11. The molecule has 2 aliphatic rings. The van der Waals surface area contributed by atoms with E-state index in [1.165, 1.54) is 0 Å². The van der Waals surface area contributed by atoms with E-state index in [9.17, 15) is 0 Å². The first-order valence-corrected chi connectivity index (χ1v) is 8.93. The number of imidazole rings is 1. The Morgan fingerprint density at radius 1 is 1.16 bits per heavy atom. The predicted molar refractivity (Wildman–Crippen MR) is 95.3 cm³/mol. The second-order valence-corrected chi connectivity index (χ2v) is 7.45. The van der Waals surface area contributed by atoms with Gasteiger partial charge in [0.25, 0.3) is 0 Å². The van der Waals surface area contributed by atoms with Crippen molar-refractivity contribution in [1.29, 1.82) is 0 Å². The largest absolute Gasteiger partial charge is 0.379 e. The Kier molecular flexibility index (Phi) is 4.43. The molecule has 0 N–H and O–H groups in total. The molecule has 2 aromatic rings. The number of anilines is 1. The lowest BCUT2D eigenvalue weighted by Gasteiger charge is -2.32. The molecule has 7 heteroatoms. The number of likely N-dealkylation sites (tertiary alicyclic amines) is 1. The lowest BCUT2D eigenvalue weighted by atomic mass is 9.87. The highest BCUT2D eigenvalue weighted by molar-refractivity contribution is 5.31. The van der Waals surface area contributed by atoms with E-state index < -0.39 is 0 Å². The van der Waals surface area contributed by atoms with Gasteiger partial charge in [-0.3, -0.25) is 4.90 Å². The lowest BCUT2D eigenvalue weighted by Crippen LogP contribution is -2.41. The normalized spacial score (nSPS) is 24.8. The Bertz CT molecular complexity index is 715. The molecule has 4 rings (SSSR count). The van der Waals surface area contributed by atoms with Crippen molar-refractivity contribution >= 4 is 5.95 Å². The summed E-state index contributed by atoms with van der Waals surface area (Å²) in [7, 11) is 2.05. The third-order valence-electron chi connectivity index (χ3n) is 5.29. The molecule has 25 heavy (non-hydrogen) atoms. The van der Waals surface area contributed by atoms with Crippen LogP contribution in [0.15, 0.2) is 24.8 Å². The van der Waals surface area contributed by atoms with Crippen molar-refractivity contribution in [2.45, 2.75) is 19.9 Å². The number of aryl methyl sites for hydroxylation is 2. The average molecular weight is 342 g/mol. The van der Waals surface area contributed by atoms with Gasteiger partial charge in [0.2, 0.25) is 5.95 Å². The zero-order valence-corrected chi connectivity index (χ0v) is 15.1. The first-order valence-electron chi connectivity index (χ1n) is 8.93. The van der Waals surface area contributed by atoms with Gasteiger partial charge in [-0.05, 0) is 25.5 Å². The van der Waals surface area contributed by atoms with Crippen molar-refractivity contribution in [2.75, 3.05) is 44.3 Å². The van der Waals surface area contributed by atoms with Gasteiger partial charge in [0, 0.05) is 56.9 Å². The van der Waals surface area contributed by atoms with Crippen LogP contribution in [0.2, 0.25) is 0 Å². The van der Waals surface area contributed by atoms with Crippen LogP contribution in [0.5, 0.6) is 0 Å². The molecule has 0 aromatic carbocycles. The summed E-state index contributed by atoms with van der Waals surface area (Å²) in [5, 5.41) is 0. The highest BCUT2D eigenvalue weighted by atomic mass is 16.5. The monoisotopic (exact) mass is 342 g/mol. The Morgan fingerprint density at radius 3 is 2.76 bits per heavy atom. The van der Waals surface area contributed by atoms with Crippen molar-refractivity contribution in [3.8, 4) is 0 Å². The van der Waals surface area contributed by atoms with Crippen LogP contribution in [0.3, 0.4) is 0 Å². The van der Waals surface area contributed by atoms with Crippen molar-refractivity contribution in [3.63, 3.8) is 0 Å². The van der Waals surface area contributed by atoms with Gasteiger partial charge in [0.1, 0.15) is 5.82 Å². The zero-order valence-electron chi connectivity index (χ0n) is 15.1. The van der Waals surface area contributed by atoms with E-state index in [1.54, 1.807) is 0 Å². The lowest BCUT2D eigenvalue weighted by molar-refractivity contribution is 0.0727. The summed E-state index contributed by atoms with van der Waals surface area (Å²) in [4.78, 5) is 18.3. The van der Waals surface area contributed by atoms with Gasteiger partial charge < -0.3 is 14.2 Å². The second-order valence-electron chi connectivity index (χ2n) is 7.45. The maximum Gasteiger partial charge on any atom is 0.225 e. The summed E-state index contributed by atoms with van der Waals surface area (Å²) >= 11 is 0. The molecule has 7 nitrogen and oxygen atoms in total. The van der Waals surface area contributed by atoms with Gasteiger partial charge in [-0.1, -0.05) is 0 Å². The maximum atomic E-state index is 5.97. The van der Waals surface area contributed by atoms with Crippen LogP contribution in [-0.2, 0) is 18.3 Å². The standard InChI is InChI=1S/C18H26N6O/c1-15-9-20-17(21-10-15)24-7-8-25-14-18(13-24)3-5-23(12-18)11-16-19-4-6-22(16)2/h4,6,9-10H,3,5,7-8,11-14H2,1-2H3/t18-/m0/s1. The van der Waals surface area contributed by atoms with Crippen LogP contribution in [0.4, 0.5) is 5.95 Å². The predicted octanol–water partition coefficient (Wildman–Crippen LogP) is 1.25. The van der Waals surface area contributed by atoms with E-state index in [0.29, 0.717) is 0 Å². The molecule has 0 amide bonds. The van der Waals surface area contributed by atoms with Crippen LogP contribution >= 0.6 is 0 Å². The minimum atomic E-state index is 0.149. The third kappa shape index (κ3) is 3.52. The third-order valence-corrected chi connectivity index (χ3v) is 5.29. The molecule has 134 valence electrons. The Hall–Kier alpha value is -1.99. The van der Waals surface area contributed by atoms with Crippen LogP contribution in [-0.4, -0.2) is 63.8 Å². The van der Waals surface area contributed by atoms with Gasteiger partial charge in [-0.15, -0.1) is 0 Å². The molecule has 0 radical (unpaired) electrons. The van der Waals surface area contributed by atoms with Crippen molar-refractivity contribution in [3.05, 3.63) is 36.2 Å². The summed E-state index contributed by atoms with van der Waals surface area (Å²) in [5.74, 6) is 1.93. The Morgan fingerprint density at radius 2 is 2.00 bits per heavy atom. The van der Waals surface area contributed by atoms with Gasteiger partial charge in [-0.2, -0.15) is 0 Å². The van der Waals surface area contributed by atoms with Crippen LogP contribution in [0, 0.1) is 12.3 Å². The van der Waals surface area contributed by atoms with E-state index in [1.807, 2.05) is 31.7 Å². The van der Waals surface area contributed by atoms with Crippen molar-refractivity contribution in [1.82, 2.24) is 24.4 Å². The highest BCUT2D eigenvalue weighted by Crippen LogP contribution is 2.34. The summed E-state index contributed by atoms with van der Waals surface area (Å²) in [6.45, 7) is 8.37. The van der Waals surface area contributed by atoms with Crippen molar-refractivity contribution in [2.24, 2.45) is 12.5 Å². The number of ether oxygens (including phenoxy) is 1. The molecule has 0 unspecified atom stereocenters. The van der Waals surface area contributed by atoms with E-state index in [-0.39, 0.29) is 5.41 Å². The summed E-state index contributed by atoms with van der Waals surface area (Å²) in [5.41, 5.74) is 1.24. The Balaban J connectivity index is 1.47. The molecule has 0 bridgehead atoms. The Labute approximate surface area is 148 Å². The number of nitrogens with zero attached hydrogens (tertiary/aromatic N) is 6. The molecule has 2 aliphatic heterocycles. The van der Waals surface area contributed by atoms with E-state index in [2.05, 4.69) is 36.4 Å². The molecule has 1 atom stereocenters. The second kappa shape index (κ2) is 6.72. The fourth-order valence-electron chi connectivity index (χ4n) is 3.87. The highest BCUT2D eigenvalue weighted by Gasteiger charge is 2.41.